The van der Waals surface area contributed by atoms with E-state index in [2.05, 4.69) is 0 Å². The first-order valence-electron chi connectivity index (χ1n) is 3.41. The number of likely N-dealkylation sites (N-methyl/N-ethyl adjacent to an activating group) is 1. The highest BCUT2D eigenvalue weighted by atomic mass is 32.1. The molecule has 1 heterocycles. The molecule has 1 aromatic heterocycles. The molecule has 0 saturated carbocycles. The lowest BCUT2D eigenvalue weighted by Crippen LogP contribution is -2.20. The second kappa shape index (κ2) is 3.64. The van der Waals surface area contributed by atoms with Gasteiger partial charge in [0, 0.05) is 0 Å². The van der Waals surface area contributed by atoms with Crippen molar-refractivity contribution in [3.8, 4) is 0 Å². The minimum Gasteiger partial charge on any atom is -0.302 e. The third-order valence-electron chi connectivity index (χ3n) is 1.26. The number of nitrogens with zero attached hydrogens (tertiary/aromatic N) is 1. The molecule has 11 heavy (non-hydrogen) atoms. The lowest BCUT2D eigenvalue weighted by Gasteiger charge is -2.05. The van der Waals surface area contributed by atoms with E-state index in [0.29, 0.717) is 6.54 Å². The van der Waals surface area contributed by atoms with Gasteiger partial charge in [0.1, 0.15) is 0 Å². The van der Waals surface area contributed by atoms with Crippen molar-refractivity contribution in [2.75, 3.05) is 20.6 Å². The van der Waals surface area contributed by atoms with Crippen molar-refractivity contribution >= 4 is 17.1 Å². The molecule has 0 aliphatic heterocycles. The number of rotatable bonds is 3. The second-order valence-electron chi connectivity index (χ2n) is 2.64. The number of carbonyl (C=O) groups is 1. The van der Waals surface area contributed by atoms with Crippen LogP contribution in [0.25, 0.3) is 0 Å². The molecule has 0 bridgehead atoms. The van der Waals surface area contributed by atoms with Gasteiger partial charge >= 0.3 is 0 Å². The van der Waals surface area contributed by atoms with E-state index in [1.54, 1.807) is 0 Å². The lowest BCUT2D eigenvalue weighted by molar-refractivity contribution is 0.0962. The zero-order valence-electron chi connectivity index (χ0n) is 6.70. The van der Waals surface area contributed by atoms with Gasteiger partial charge in [-0.2, -0.15) is 0 Å². The van der Waals surface area contributed by atoms with Crippen LogP contribution in [0.15, 0.2) is 17.5 Å². The minimum absolute atomic E-state index is 0.199. The number of ketones is 1. The monoisotopic (exact) mass is 169 g/mol. The first kappa shape index (κ1) is 8.43. The van der Waals surface area contributed by atoms with Gasteiger partial charge in [-0.15, -0.1) is 11.3 Å². The van der Waals surface area contributed by atoms with Crippen molar-refractivity contribution in [1.82, 2.24) is 4.90 Å². The van der Waals surface area contributed by atoms with Crippen molar-refractivity contribution in [2.24, 2.45) is 0 Å². The molecule has 3 heteroatoms. The predicted octanol–water partition coefficient (Wildman–Crippen LogP) is 1.49. The Morgan fingerprint density at radius 1 is 1.64 bits per heavy atom. The van der Waals surface area contributed by atoms with Crippen molar-refractivity contribution in [3.63, 3.8) is 0 Å². The van der Waals surface area contributed by atoms with E-state index in [1.165, 1.54) is 11.3 Å². The van der Waals surface area contributed by atoms with E-state index >= 15 is 0 Å². The molecule has 0 atom stereocenters. The summed E-state index contributed by atoms with van der Waals surface area (Å²) in [5, 5.41) is 1.92. The fourth-order valence-electron chi connectivity index (χ4n) is 0.802. The number of carbonyl (C=O) groups excluding carboxylic acids is 1. The first-order valence-corrected chi connectivity index (χ1v) is 4.29. The third kappa shape index (κ3) is 2.44. The molecule has 1 rings (SSSR count). The van der Waals surface area contributed by atoms with Gasteiger partial charge in [-0.25, -0.2) is 0 Å². The van der Waals surface area contributed by atoms with E-state index in [1.807, 2.05) is 36.5 Å². The van der Waals surface area contributed by atoms with E-state index in [9.17, 15) is 4.79 Å². The van der Waals surface area contributed by atoms with Gasteiger partial charge in [-0.1, -0.05) is 6.07 Å². The molecule has 0 aromatic carbocycles. The normalized spacial score (nSPS) is 10.5. The van der Waals surface area contributed by atoms with Gasteiger partial charge in [0.25, 0.3) is 0 Å². The van der Waals surface area contributed by atoms with Crippen LogP contribution in [0.2, 0.25) is 0 Å². The molecule has 0 spiro atoms. The highest BCUT2D eigenvalue weighted by Crippen LogP contribution is 2.08. The Morgan fingerprint density at radius 2 is 2.36 bits per heavy atom. The Kier molecular flexibility index (Phi) is 2.79. The van der Waals surface area contributed by atoms with Crippen LogP contribution in [-0.4, -0.2) is 31.3 Å². The van der Waals surface area contributed by atoms with E-state index in [-0.39, 0.29) is 5.78 Å². The quantitative estimate of drug-likeness (QED) is 0.639. The average molecular weight is 169 g/mol. The smallest absolute Gasteiger partial charge is 0.186 e. The summed E-state index contributed by atoms with van der Waals surface area (Å²) < 4.78 is 0. The van der Waals surface area contributed by atoms with Gasteiger partial charge in [-0.05, 0) is 25.5 Å². The van der Waals surface area contributed by atoms with Gasteiger partial charge < -0.3 is 4.90 Å². The summed E-state index contributed by atoms with van der Waals surface area (Å²) in [5.74, 6) is 0.199. The van der Waals surface area contributed by atoms with Crippen molar-refractivity contribution in [1.29, 1.82) is 0 Å². The Bertz CT molecular complexity index is 228. The van der Waals surface area contributed by atoms with Crippen molar-refractivity contribution in [3.05, 3.63) is 22.4 Å². The van der Waals surface area contributed by atoms with E-state index in [0.717, 1.165) is 4.88 Å². The molecular weight excluding hydrogens is 158 g/mol. The molecule has 0 fully saturated rings. The van der Waals surface area contributed by atoms with Gasteiger partial charge in [-0.3, -0.25) is 4.79 Å². The SMILES string of the molecule is CN(C)CC(=O)c1cccs1. The standard InChI is InChI=1S/C8H11NOS/c1-9(2)6-7(10)8-4-3-5-11-8/h3-5H,6H2,1-2H3. The Morgan fingerprint density at radius 3 is 2.82 bits per heavy atom. The third-order valence-corrected chi connectivity index (χ3v) is 2.17. The van der Waals surface area contributed by atoms with Crippen LogP contribution in [0.5, 0.6) is 0 Å². The highest BCUT2D eigenvalue weighted by Gasteiger charge is 2.06. The molecule has 2 nitrogen and oxygen atoms in total. The number of Topliss-reactive ketones (excluding diaryl/α,β-unsaturated/α-hetero) is 1. The maximum absolute atomic E-state index is 11.3. The summed E-state index contributed by atoms with van der Waals surface area (Å²) >= 11 is 1.50. The Labute approximate surface area is 70.5 Å². The zero-order chi connectivity index (χ0) is 8.27. The Hall–Kier alpha value is -0.670. The maximum Gasteiger partial charge on any atom is 0.186 e. The molecule has 60 valence electrons. The van der Waals surface area contributed by atoms with Crippen molar-refractivity contribution in [2.45, 2.75) is 0 Å². The molecule has 0 radical (unpaired) electrons. The number of hydrogen-bond donors (Lipinski definition) is 0. The fourth-order valence-corrected chi connectivity index (χ4v) is 1.46. The molecule has 0 aliphatic carbocycles. The number of thiophene rings is 1. The van der Waals surface area contributed by atoms with Gasteiger partial charge in [0.15, 0.2) is 5.78 Å². The summed E-state index contributed by atoms with van der Waals surface area (Å²) in [6.45, 7) is 0.501. The molecule has 0 saturated heterocycles. The summed E-state index contributed by atoms with van der Waals surface area (Å²) in [4.78, 5) is 14.0. The summed E-state index contributed by atoms with van der Waals surface area (Å²) in [7, 11) is 3.79. The summed E-state index contributed by atoms with van der Waals surface area (Å²) in [6.07, 6.45) is 0. The van der Waals surface area contributed by atoms with E-state index < -0.39 is 0 Å². The molecule has 0 aliphatic rings. The van der Waals surface area contributed by atoms with Gasteiger partial charge in [0.2, 0.25) is 0 Å². The summed E-state index contributed by atoms with van der Waals surface area (Å²) in [5.41, 5.74) is 0. The topological polar surface area (TPSA) is 20.3 Å². The molecule has 1 aromatic rings. The van der Waals surface area contributed by atoms with Crippen LogP contribution in [0.1, 0.15) is 9.67 Å². The Balaban J connectivity index is 2.57. The number of hydrogen-bond acceptors (Lipinski definition) is 3. The van der Waals surface area contributed by atoms with Crippen LogP contribution in [0, 0.1) is 0 Å². The first-order chi connectivity index (χ1) is 5.20. The largest absolute Gasteiger partial charge is 0.302 e. The fraction of sp³-hybridized carbons (Fsp3) is 0.375. The second-order valence-corrected chi connectivity index (χ2v) is 3.59. The van der Waals surface area contributed by atoms with Crippen LogP contribution in [-0.2, 0) is 0 Å². The van der Waals surface area contributed by atoms with E-state index in [4.69, 9.17) is 0 Å². The van der Waals surface area contributed by atoms with Crippen LogP contribution < -0.4 is 0 Å². The predicted molar refractivity (Wildman–Crippen MR) is 47.2 cm³/mol. The minimum atomic E-state index is 0.199. The van der Waals surface area contributed by atoms with Crippen molar-refractivity contribution < 1.29 is 4.79 Å². The zero-order valence-corrected chi connectivity index (χ0v) is 7.52. The molecular formula is C8H11NOS. The highest BCUT2D eigenvalue weighted by molar-refractivity contribution is 7.12. The maximum atomic E-state index is 11.3. The van der Waals surface area contributed by atoms with Gasteiger partial charge in [0.05, 0.1) is 11.4 Å². The molecule has 0 N–H and O–H groups in total. The average Bonchev–Trinajstić information content (AvgIpc) is 2.35. The molecule has 0 unspecified atom stereocenters. The summed E-state index contributed by atoms with van der Waals surface area (Å²) in [6, 6.07) is 3.75. The van der Waals surface area contributed by atoms with Crippen LogP contribution >= 0.6 is 11.3 Å². The molecule has 0 amide bonds. The van der Waals surface area contributed by atoms with Crippen LogP contribution in [0.3, 0.4) is 0 Å². The lowest BCUT2D eigenvalue weighted by atomic mass is 10.3. The van der Waals surface area contributed by atoms with Crippen LogP contribution in [0.4, 0.5) is 0 Å².